The van der Waals surface area contributed by atoms with Crippen molar-refractivity contribution in [2.75, 3.05) is 7.11 Å². The summed E-state index contributed by atoms with van der Waals surface area (Å²) >= 11 is 3.50. The van der Waals surface area contributed by atoms with Crippen molar-refractivity contribution in [2.45, 2.75) is 31.8 Å². The highest BCUT2D eigenvalue weighted by molar-refractivity contribution is 9.10. The summed E-state index contributed by atoms with van der Waals surface area (Å²) in [5, 5.41) is 3.57. The fourth-order valence-corrected chi connectivity index (χ4v) is 2.21. The average Bonchev–Trinajstić information content (AvgIpc) is 3.01. The highest BCUT2D eigenvalue weighted by Gasteiger charge is 2.23. The standard InChI is InChI=1S/C12H16BrNO/c1-8(14-10-4-5-10)9-3-6-12(15-2)11(13)7-9/h3,6-8,10,14H,4-5H2,1-2H3. The van der Waals surface area contributed by atoms with E-state index in [1.165, 1.54) is 18.4 Å². The van der Waals surface area contributed by atoms with Gasteiger partial charge in [0.05, 0.1) is 11.6 Å². The van der Waals surface area contributed by atoms with Gasteiger partial charge < -0.3 is 10.1 Å². The fourth-order valence-electron chi connectivity index (χ4n) is 1.65. The molecule has 2 rings (SSSR count). The van der Waals surface area contributed by atoms with Crippen LogP contribution in [0.25, 0.3) is 0 Å². The molecule has 15 heavy (non-hydrogen) atoms. The van der Waals surface area contributed by atoms with Crippen LogP contribution in [0.2, 0.25) is 0 Å². The molecule has 1 aliphatic rings. The number of benzene rings is 1. The zero-order valence-corrected chi connectivity index (χ0v) is 10.7. The molecule has 1 aliphatic carbocycles. The smallest absolute Gasteiger partial charge is 0.133 e. The van der Waals surface area contributed by atoms with E-state index in [0.717, 1.165) is 16.3 Å². The lowest BCUT2D eigenvalue weighted by atomic mass is 10.1. The van der Waals surface area contributed by atoms with Crippen LogP contribution in [0, 0.1) is 0 Å². The molecule has 1 saturated carbocycles. The summed E-state index contributed by atoms with van der Waals surface area (Å²) in [4.78, 5) is 0. The lowest BCUT2D eigenvalue weighted by Gasteiger charge is -2.14. The minimum Gasteiger partial charge on any atom is -0.496 e. The molecule has 3 heteroatoms. The molecule has 0 aromatic heterocycles. The highest BCUT2D eigenvalue weighted by Crippen LogP contribution is 2.29. The van der Waals surface area contributed by atoms with Gasteiger partial charge in [-0.2, -0.15) is 0 Å². The van der Waals surface area contributed by atoms with Gasteiger partial charge in [0, 0.05) is 12.1 Å². The van der Waals surface area contributed by atoms with Crippen LogP contribution < -0.4 is 10.1 Å². The van der Waals surface area contributed by atoms with E-state index in [2.05, 4.69) is 40.3 Å². The van der Waals surface area contributed by atoms with Crippen LogP contribution in [-0.4, -0.2) is 13.2 Å². The SMILES string of the molecule is COc1ccc(C(C)NC2CC2)cc1Br. The number of hydrogen-bond donors (Lipinski definition) is 1. The minimum absolute atomic E-state index is 0.416. The second-order valence-corrected chi connectivity index (χ2v) is 4.91. The Balaban J connectivity index is 2.09. The maximum Gasteiger partial charge on any atom is 0.133 e. The number of rotatable bonds is 4. The Bertz CT molecular complexity index is 349. The van der Waals surface area contributed by atoms with E-state index in [-0.39, 0.29) is 0 Å². The maximum absolute atomic E-state index is 5.21. The van der Waals surface area contributed by atoms with Crippen molar-refractivity contribution in [2.24, 2.45) is 0 Å². The molecular weight excluding hydrogens is 254 g/mol. The number of halogens is 1. The summed E-state index contributed by atoms with van der Waals surface area (Å²) in [6.45, 7) is 2.20. The van der Waals surface area contributed by atoms with Gasteiger partial charge in [0.2, 0.25) is 0 Å². The third-order valence-corrected chi connectivity index (χ3v) is 3.36. The summed E-state index contributed by atoms with van der Waals surface area (Å²) in [7, 11) is 1.69. The van der Waals surface area contributed by atoms with Crippen LogP contribution in [-0.2, 0) is 0 Å². The Morgan fingerprint density at radius 2 is 2.20 bits per heavy atom. The fraction of sp³-hybridized carbons (Fsp3) is 0.500. The lowest BCUT2D eigenvalue weighted by molar-refractivity contribution is 0.411. The van der Waals surface area contributed by atoms with Gasteiger partial charge in [-0.3, -0.25) is 0 Å². The predicted molar refractivity (Wildman–Crippen MR) is 65.3 cm³/mol. The monoisotopic (exact) mass is 269 g/mol. The zero-order valence-electron chi connectivity index (χ0n) is 9.09. The van der Waals surface area contributed by atoms with Gasteiger partial charge in [-0.1, -0.05) is 6.07 Å². The van der Waals surface area contributed by atoms with E-state index in [9.17, 15) is 0 Å². The number of methoxy groups -OCH3 is 1. The van der Waals surface area contributed by atoms with Crippen LogP contribution in [0.4, 0.5) is 0 Å². The third-order valence-electron chi connectivity index (χ3n) is 2.74. The van der Waals surface area contributed by atoms with Crippen LogP contribution in [0.1, 0.15) is 31.4 Å². The molecule has 1 N–H and O–H groups in total. The first kappa shape index (κ1) is 11.0. The van der Waals surface area contributed by atoms with E-state index in [1.54, 1.807) is 7.11 Å². The summed E-state index contributed by atoms with van der Waals surface area (Å²) < 4.78 is 6.23. The van der Waals surface area contributed by atoms with Crippen molar-refractivity contribution in [3.05, 3.63) is 28.2 Å². The molecule has 1 aromatic rings. The van der Waals surface area contributed by atoms with E-state index in [4.69, 9.17) is 4.74 Å². The van der Waals surface area contributed by atoms with Crippen molar-refractivity contribution in [3.8, 4) is 5.75 Å². The molecule has 2 nitrogen and oxygen atoms in total. The average molecular weight is 270 g/mol. The minimum atomic E-state index is 0.416. The number of hydrogen-bond acceptors (Lipinski definition) is 2. The second kappa shape index (κ2) is 4.54. The Morgan fingerprint density at radius 3 is 2.73 bits per heavy atom. The first-order chi connectivity index (χ1) is 7.20. The summed E-state index contributed by atoms with van der Waals surface area (Å²) in [5.74, 6) is 0.886. The van der Waals surface area contributed by atoms with Crippen molar-refractivity contribution in [1.82, 2.24) is 5.32 Å². The van der Waals surface area contributed by atoms with E-state index < -0.39 is 0 Å². The molecule has 0 aliphatic heterocycles. The van der Waals surface area contributed by atoms with Crippen molar-refractivity contribution in [1.29, 1.82) is 0 Å². The van der Waals surface area contributed by atoms with Crippen molar-refractivity contribution < 1.29 is 4.74 Å². The Hall–Kier alpha value is -0.540. The highest BCUT2D eigenvalue weighted by atomic mass is 79.9. The van der Waals surface area contributed by atoms with E-state index in [1.807, 2.05) is 6.07 Å². The number of nitrogens with one attached hydrogen (secondary N) is 1. The third kappa shape index (κ3) is 2.73. The van der Waals surface area contributed by atoms with Gasteiger partial charge in [-0.15, -0.1) is 0 Å². The molecule has 0 saturated heterocycles. The summed E-state index contributed by atoms with van der Waals surface area (Å²) in [6.07, 6.45) is 2.64. The van der Waals surface area contributed by atoms with Crippen LogP contribution in [0.15, 0.2) is 22.7 Å². The Labute approximate surface area is 99.1 Å². The molecule has 0 radical (unpaired) electrons. The summed E-state index contributed by atoms with van der Waals surface area (Å²) in [6, 6.07) is 7.40. The van der Waals surface area contributed by atoms with Crippen molar-refractivity contribution in [3.63, 3.8) is 0 Å². The quantitative estimate of drug-likeness (QED) is 0.906. The lowest BCUT2D eigenvalue weighted by Crippen LogP contribution is -2.20. The molecule has 82 valence electrons. The van der Waals surface area contributed by atoms with E-state index >= 15 is 0 Å². The van der Waals surface area contributed by atoms with Crippen LogP contribution in [0.3, 0.4) is 0 Å². The molecule has 0 amide bonds. The molecule has 0 bridgehead atoms. The molecule has 1 fully saturated rings. The molecule has 1 unspecified atom stereocenters. The maximum atomic E-state index is 5.21. The molecule has 0 heterocycles. The van der Waals surface area contributed by atoms with Gasteiger partial charge >= 0.3 is 0 Å². The van der Waals surface area contributed by atoms with Gasteiger partial charge in [-0.05, 0) is 53.4 Å². The van der Waals surface area contributed by atoms with Gasteiger partial charge in [-0.25, -0.2) is 0 Å². The molecule has 1 aromatic carbocycles. The van der Waals surface area contributed by atoms with Gasteiger partial charge in [0.1, 0.15) is 5.75 Å². The Kier molecular flexibility index (Phi) is 3.32. The van der Waals surface area contributed by atoms with Crippen LogP contribution >= 0.6 is 15.9 Å². The first-order valence-electron chi connectivity index (χ1n) is 5.30. The number of ether oxygens (including phenoxy) is 1. The van der Waals surface area contributed by atoms with Gasteiger partial charge in [0.15, 0.2) is 0 Å². The largest absolute Gasteiger partial charge is 0.496 e. The molecule has 0 spiro atoms. The molecular formula is C12H16BrNO. The van der Waals surface area contributed by atoms with Crippen molar-refractivity contribution >= 4 is 15.9 Å². The van der Waals surface area contributed by atoms with E-state index in [0.29, 0.717) is 6.04 Å². The normalized spacial score (nSPS) is 17.5. The first-order valence-corrected chi connectivity index (χ1v) is 6.09. The molecule has 1 atom stereocenters. The summed E-state index contributed by atoms with van der Waals surface area (Å²) in [5.41, 5.74) is 1.30. The van der Waals surface area contributed by atoms with Crippen LogP contribution in [0.5, 0.6) is 5.75 Å². The zero-order chi connectivity index (χ0) is 10.8. The topological polar surface area (TPSA) is 21.3 Å². The second-order valence-electron chi connectivity index (χ2n) is 4.06. The van der Waals surface area contributed by atoms with Gasteiger partial charge in [0.25, 0.3) is 0 Å². The predicted octanol–water partition coefficient (Wildman–Crippen LogP) is 3.27. The Morgan fingerprint density at radius 1 is 1.47 bits per heavy atom.